The summed E-state index contributed by atoms with van der Waals surface area (Å²) < 4.78 is 0. The van der Waals surface area contributed by atoms with E-state index >= 15 is 0 Å². The molecule has 0 saturated heterocycles. The minimum atomic E-state index is -0.653. The fourth-order valence-electron chi connectivity index (χ4n) is 13.2. The van der Waals surface area contributed by atoms with Crippen molar-refractivity contribution in [3.8, 4) is 0 Å². The number of hydrogen-bond donors (Lipinski definition) is 5. The van der Waals surface area contributed by atoms with Crippen molar-refractivity contribution in [2.75, 3.05) is 0 Å². The van der Waals surface area contributed by atoms with Crippen LogP contribution < -0.4 is 0 Å². The van der Waals surface area contributed by atoms with Gasteiger partial charge in [-0.3, -0.25) is 24.0 Å². The third-order valence-electron chi connectivity index (χ3n) is 20.0. The predicted molar refractivity (Wildman–Crippen MR) is 476 cm³/mol. The Morgan fingerprint density at radius 3 is 0.234 bits per heavy atom. The monoisotopic (exact) mass is 1700 g/mol. The van der Waals surface area contributed by atoms with E-state index in [1.165, 1.54) is 417 Å². The van der Waals surface area contributed by atoms with Crippen LogP contribution in [-0.4, -0.2) is 320 Å². The number of carbonyl (C=O) groups is 5. The van der Waals surface area contributed by atoms with Gasteiger partial charge in [-0.15, -0.1) is 0 Å². The van der Waals surface area contributed by atoms with E-state index < -0.39 is 29.8 Å². The normalized spacial score (nSPS) is 10.1. The Labute approximate surface area is 877 Å². The van der Waals surface area contributed by atoms with Crippen LogP contribution in [0.15, 0.2) is 0 Å². The molecule has 0 spiro atoms. The molecule has 0 aliphatic rings. The molecule has 0 fully saturated rings. The Balaban J connectivity index is -0.000000104. The van der Waals surface area contributed by atoms with E-state index in [-0.39, 0.29) is 264 Å². The molecule has 0 atom stereocenters. The maximum Gasteiger partial charge on any atom is 2.00 e. The van der Waals surface area contributed by atoms with Crippen LogP contribution in [0.25, 0.3) is 0 Å². The molecule has 600 valence electrons. The molecule has 0 saturated carbocycles. The van der Waals surface area contributed by atoms with Crippen molar-refractivity contribution in [1.82, 2.24) is 0 Å². The zero-order valence-corrected chi connectivity index (χ0v) is 88.8. The molecule has 0 unspecified atom stereocenters. The second kappa shape index (κ2) is 135. The third kappa shape index (κ3) is 164. The van der Waals surface area contributed by atoms with Crippen molar-refractivity contribution in [2.24, 2.45) is 0 Å². The first-order valence-corrected chi connectivity index (χ1v) is 44.9. The average Bonchev–Trinajstić information content (AvgIpc) is 2.91. The van der Waals surface area contributed by atoms with E-state index in [0.29, 0.717) is 32.1 Å². The molecular formula is C90H180Ca7O10+14. The van der Waals surface area contributed by atoms with Crippen LogP contribution in [0.2, 0.25) is 0 Å². The molecule has 0 aromatic rings. The molecule has 10 nitrogen and oxygen atoms in total. The first kappa shape index (κ1) is 139. The molecule has 0 aliphatic carbocycles. The molecule has 0 rings (SSSR count). The van der Waals surface area contributed by atoms with Gasteiger partial charge in [-0.1, -0.05) is 484 Å². The van der Waals surface area contributed by atoms with Crippen molar-refractivity contribution in [1.29, 1.82) is 0 Å². The zero-order chi connectivity index (χ0) is 74.5. The number of rotatable bonds is 80. The molecule has 107 heavy (non-hydrogen) atoms. The van der Waals surface area contributed by atoms with Crippen molar-refractivity contribution >= 4 is 294 Å². The summed E-state index contributed by atoms with van der Waals surface area (Å²) in [6.45, 7) is 11.4. The van der Waals surface area contributed by atoms with E-state index in [1.807, 2.05) is 0 Å². The first-order valence-electron chi connectivity index (χ1n) is 44.9. The van der Waals surface area contributed by atoms with Gasteiger partial charge < -0.3 is 25.5 Å². The largest absolute Gasteiger partial charge is 2.00 e. The second-order valence-electron chi connectivity index (χ2n) is 30.5. The van der Waals surface area contributed by atoms with Crippen LogP contribution in [0, 0.1) is 0 Å². The van der Waals surface area contributed by atoms with E-state index in [9.17, 15) is 24.0 Å². The molecule has 17 heteroatoms. The minimum absolute atomic E-state index is 0. The van der Waals surface area contributed by atoms with Gasteiger partial charge in [-0.25, -0.2) is 0 Å². The first-order chi connectivity index (χ1) is 48.9. The van der Waals surface area contributed by atoms with Crippen LogP contribution in [0.3, 0.4) is 0 Å². The molecule has 0 heterocycles. The number of unbranched alkanes of at least 4 members (excludes halogenated alkanes) is 70. The SMILES string of the molecule is CCCCCCCCCCCCCCCCCC(=O)O.CCCCCCCCCCCCCCCCCC(=O)O.CCCCCCCCCCCCCCCCCC(=O)O.CCCCCCCCCCCCCCCCCC(=O)O.CCCCCCCCCCCCCCCCCC(=O)O.[Ca+2].[Ca+2].[Ca+2].[Ca+2].[Ca+2].[Ca+2].[Ca+2]. The number of carboxylic acids is 5. The minimum Gasteiger partial charge on any atom is -0.481 e. The molecule has 0 aliphatic heterocycles. The summed E-state index contributed by atoms with van der Waals surface area (Å²) in [5.74, 6) is -3.27. The van der Waals surface area contributed by atoms with Gasteiger partial charge in [0.25, 0.3) is 0 Å². The van der Waals surface area contributed by atoms with Gasteiger partial charge in [-0.2, -0.15) is 0 Å². The van der Waals surface area contributed by atoms with Crippen LogP contribution in [0.1, 0.15) is 548 Å². The summed E-state index contributed by atoms with van der Waals surface area (Å²) in [5, 5.41) is 42.6. The van der Waals surface area contributed by atoms with E-state index in [2.05, 4.69) is 34.6 Å². The number of carboxylic acid groups (broad SMARTS) is 5. The van der Waals surface area contributed by atoms with Gasteiger partial charge in [0, 0.05) is 32.1 Å². The van der Waals surface area contributed by atoms with Crippen molar-refractivity contribution in [2.45, 2.75) is 548 Å². The molecular weight excluding hydrogens is 1520 g/mol. The molecule has 0 bridgehead atoms. The Bertz CT molecular complexity index is 1300. The maximum atomic E-state index is 10.3. The predicted octanol–water partition coefficient (Wildman–Crippen LogP) is 29.0. The summed E-state index contributed by atoms with van der Waals surface area (Å²) in [7, 11) is 0. The van der Waals surface area contributed by atoms with Gasteiger partial charge in [0.1, 0.15) is 0 Å². The van der Waals surface area contributed by atoms with Crippen molar-refractivity contribution in [3.05, 3.63) is 0 Å². The fourth-order valence-corrected chi connectivity index (χ4v) is 13.2. The summed E-state index contributed by atoms with van der Waals surface area (Å²) in [4.78, 5) is 51.7. The number of aliphatic carboxylic acids is 5. The molecule has 0 aromatic carbocycles. The number of hydrogen-bond acceptors (Lipinski definition) is 5. The Morgan fingerprint density at radius 2 is 0.178 bits per heavy atom. The topological polar surface area (TPSA) is 186 Å². The quantitative estimate of drug-likeness (QED) is 0.0290. The molecule has 0 radical (unpaired) electrons. The summed E-state index contributed by atoms with van der Waals surface area (Å²) in [6, 6.07) is 0. The Kier molecular flexibility index (Phi) is 176. The van der Waals surface area contributed by atoms with Gasteiger partial charge in [0.2, 0.25) is 0 Å². The summed E-state index contributed by atoms with van der Waals surface area (Å²) >= 11 is 0. The van der Waals surface area contributed by atoms with Crippen LogP contribution in [0.4, 0.5) is 0 Å². The Morgan fingerprint density at radius 1 is 0.121 bits per heavy atom. The standard InChI is InChI=1S/5C18H36O2.7Ca/c5*1-2-3-4-5-6-7-8-9-10-11-12-13-14-15-16-17-18(19)20;;;;;;;/h5*2-17H2,1H3,(H,19,20);;;;;;;/q;;;;;7*+2. The third-order valence-corrected chi connectivity index (χ3v) is 20.0. The molecule has 0 aromatic heterocycles. The van der Waals surface area contributed by atoms with Gasteiger partial charge in [-0.05, 0) is 32.1 Å². The van der Waals surface area contributed by atoms with Crippen LogP contribution >= 0.6 is 0 Å². The maximum absolute atomic E-state index is 10.3. The second-order valence-corrected chi connectivity index (χ2v) is 30.5. The van der Waals surface area contributed by atoms with Gasteiger partial charge in [0.05, 0.1) is 0 Å². The fraction of sp³-hybridized carbons (Fsp3) is 0.944. The summed E-state index contributed by atoms with van der Waals surface area (Å²) in [5.41, 5.74) is 0. The van der Waals surface area contributed by atoms with E-state index in [4.69, 9.17) is 25.5 Å². The van der Waals surface area contributed by atoms with Crippen molar-refractivity contribution in [3.63, 3.8) is 0 Å². The molecule has 0 amide bonds. The van der Waals surface area contributed by atoms with Gasteiger partial charge >= 0.3 is 294 Å². The summed E-state index contributed by atoms with van der Waals surface area (Å²) in [6.07, 6.45) is 101. The van der Waals surface area contributed by atoms with Gasteiger partial charge in [0.15, 0.2) is 0 Å². The smallest absolute Gasteiger partial charge is 0.481 e. The Hall–Kier alpha value is 6.17. The van der Waals surface area contributed by atoms with Crippen molar-refractivity contribution < 1.29 is 49.5 Å². The molecule has 5 N–H and O–H groups in total. The van der Waals surface area contributed by atoms with Crippen LogP contribution in [0.5, 0.6) is 0 Å². The average molecular weight is 1700 g/mol. The zero-order valence-electron chi connectivity index (χ0n) is 73.3. The van der Waals surface area contributed by atoms with E-state index in [1.54, 1.807) is 0 Å². The van der Waals surface area contributed by atoms with Crippen LogP contribution in [-0.2, 0) is 24.0 Å². The van der Waals surface area contributed by atoms with E-state index in [0.717, 1.165) is 64.2 Å².